The molecule has 0 bridgehead atoms. The molecule has 0 unspecified atom stereocenters. The molecule has 0 aliphatic rings. The predicted molar refractivity (Wildman–Crippen MR) is 95.4 cm³/mol. The summed E-state index contributed by atoms with van der Waals surface area (Å²) in [4.78, 5) is 12.6. The summed E-state index contributed by atoms with van der Waals surface area (Å²) in [5, 5.41) is 10.2. The van der Waals surface area contributed by atoms with Crippen molar-refractivity contribution in [1.29, 1.82) is 0 Å². The van der Waals surface area contributed by atoms with E-state index in [1.54, 1.807) is 16.8 Å². The number of carbonyl (C=O) groups is 1. The maximum atomic E-state index is 13.1. The monoisotopic (exact) mass is 338 g/mol. The highest BCUT2D eigenvalue weighted by atomic mass is 19.1. The number of anilines is 1. The Bertz CT molecular complexity index is 887. The summed E-state index contributed by atoms with van der Waals surface area (Å²) in [7, 11) is 1.87. The number of halogens is 1. The maximum absolute atomic E-state index is 13.1. The van der Waals surface area contributed by atoms with E-state index in [0.717, 1.165) is 17.8 Å². The van der Waals surface area contributed by atoms with E-state index < -0.39 is 0 Å². The normalized spacial score (nSPS) is 10.7. The van der Waals surface area contributed by atoms with Crippen LogP contribution in [0.25, 0.3) is 5.69 Å². The zero-order valence-corrected chi connectivity index (χ0v) is 14.1. The molecule has 25 heavy (non-hydrogen) atoms. The summed E-state index contributed by atoms with van der Waals surface area (Å²) >= 11 is 0. The maximum Gasteiger partial charge on any atom is 0.259 e. The van der Waals surface area contributed by atoms with Crippen LogP contribution in [-0.4, -0.2) is 22.7 Å². The first-order valence-electron chi connectivity index (χ1n) is 7.94. The van der Waals surface area contributed by atoms with Gasteiger partial charge in [-0.3, -0.25) is 4.79 Å². The van der Waals surface area contributed by atoms with E-state index in [4.69, 9.17) is 0 Å². The summed E-state index contributed by atoms with van der Waals surface area (Å²) < 4.78 is 14.7. The smallest absolute Gasteiger partial charge is 0.259 e. The average molecular weight is 338 g/mol. The van der Waals surface area contributed by atoms with E-state index in [1.165, 1.54) is 18.3 Å². The van der Waals surface area contributed by atoms with Gasteiger partial charge in [0.2, 0.25) is 0 Å². The second-order valence-corrected chi connectivity index (χ2v) is 5.72. The van der Waals surface area contributed by atoms with Gasteiger partial charge in [-0.05, 0) is 55.9 Å². The fraction of sp³-hybridized carbons (Fsp3) is 0.158. The van der Waals surface area contributed by atoms with Crippen LogP contribution in [0.5, 0.6) is 0 Å². The molecule has 5 nitrogen and oxygen atoms in total. The molecule has 0 saturated carbocycles. The van der Waals surface area contributed by atoms with E-state index in [1.807, 2.05) is 38.2 Å². The van der Waals surface area contributed by atoms with Gasteiger partial charge in [0.15, 0.2) is 0 Å². The van der Waals surface area contributed by atoms with Gasteiger partial charge in [0.25, 0.3) is 5.91 Å². The Balaban J connectivity index is 1.81. The fourth-order valence-electron chi connectivity index (χ4n) is 2.64. The van der Waals surface area contributed by atoms with Crippen LogP contribution in [0.15, 0.2) is 54.7 Å². The van der Waals surface area contributed by atoms with Gasteiger partial charge in [0, 0.05) is 12.2 Å². The fourth-order valence-corrected chi connectivity index (χ4v) is 2.64. The quantitative estimate of drug-likeness (QED) is 0.750. The number of nitrogens with one attached hydrogen (secondary N) is 2. The molecule has 0 spiro atoms. The molecule has 1 aromatic heterocycles. The lowest BCUT2D eigenvalue weighted by molar-refractivity contribution is 0.102. The van der Waals surface area contributed by atoms with E-state index in [-0.39, 0.29) is 11.7 Å². The van der Waals surface area contributed by atoms with Gasteiger partial charge in [-0.25, -0.2) is 9.07 Å². The second kappa shape index (κ2) is 7.27. The molecule has 2 N–H and O–H groups in total. The molecule has 0 saturated heterocycles. The van der Waals surface area contributed by atoms with Crippen molar-refractivity contribution in [3.63, 3.8) is 0 Å². The topological polar surface area (TPSA) is 58.9 Å². The summed E-state index contributed by atoms with van der Waals surface area (Å²) in [6, 6.07) is 13.6. The molecule has 0 fully saturated rings. The average Bonchev–Trinajstić information content (AvgIpc) is 2.98. The van der Waals surface area contributed by atoms with Gasteiger partial charge in [-0.15, -0.1) is 0 Å². The van der Waals surface area contributed by atoms with Gasteiger partial charge in [0.1, 0.15) is 5.82 Å². The number of benzene rings is 2. The van der Waals surface area contributed by atoms with Crippen molar-refractivity contribution < 1.29 is 9.18 Å². The molecule has 0 radical (unpaired) electrons. The molecule has 2 aromatic carbocycles. The number of nitrogens with zero attached hydrogens (tertiary/aromatic N) is 2. The zero-order chi connectivity index (χ0) is 17.8. The van der Waals surface area contributed by atoms with Gasteiger partial charge >= 0.3 is 0 Å². The predicted octanol–water partition coefficient (Wildman–Crippen LogP) is 3.29. The Morgan fingerprint density at radius 1 is 1.20 bits per heavy atom. The minimum atomic E-state index is -0.312. The number of hydrogen-bond donors (Lipinski definition) is 2. The van der Waals surface area contributed by atoms with Gasteiger partial charge < -0.3 is 10.6 Å². The summed E-state index contributed by atoms with van der Waals surface area (Å²) in [6.45, 7) is 2.54. The summed E-state index contributed by atoms with van der Waals surface area (Å²) in [5.74, 6) is -0.541. The Morgan fingerprint density at radius 3 is 2.68 bits per heavy atom. The number of carbonyl (C=O) groups excluding carboxylic acids is 1. The lowest BCUT2D eigenvalue weighted by Gasteiger charge is -2.08. The molecule has 0 atom stereocenters. The van der Waals surface area contributed by atoms with E-state index in [0.29, 0.717) is 16.9 Å². The molecule has 1 heterocycles. The second-order valence-electron chi connectivity index (χ2n) is 5.72. The van der Waals surface area contributed by atoms with Gasteiger partial charge in [0.05, 0.1) is 23.1 Å². The highest BCUT2D eigenvalue weighted by molar-refractivity contribution is 6.05. The van der Waals surface area contributed by atoms with E-state index in [2.05, 4.69) is 15.7 Å². The van der Waals surface area contributed by atoms with Crippen LogP contribution in [0.2, 0.25) is 0 Å². The first-order chi connectivity index (χ1) is 12.1. The number of hydrogen-bond acceptors (Lipinski definition) is 3. The van der Waals surface area contributed by atoms with E-state index in [9.17, 15) is 9.18 Å². The molecule has 3 aromatic rings. The van der Waals surface area contributed by atoms with Crippen LogP contribution < -0.4 is 10.6 Å². The van der Waals surface area contributed by atoms with Crippen LogP contribution in [0, 0.1) is 12.7 Å². The van der Waals surface area contributed by atoms with Crippen LogP contribution in [0.4, 0.5) is 10.1 Å². The molecular weight excluding hydrogens is 319 g/mol. The van der Waals surface area contributed by atoms with Crippen LogP contribution in [-0.2, 0) is 6.54 Å². The number of amides is 1. The Kier molecular flexibility index (Phi) is 4.90. The Morgan fingerprint density at radius 2 is 1.96 bits per heavy atom. The molecule has 1 amide bonds. The van der Waals surface area contributed by atoms with Crippen molar-refractivity contribution in [3.05, 3.63) is 77.4 Å². The lowest BCUT2D eigenvalue weighted by atomic mass is 10.2. The van der Waals surface area contributed by atoms with Crippen LogP contribution >= 0.6 is 0 Å². The summed E-state index contributed by atoms with van der Waals surface area (Å²) in [5.41, 5.74) is 3.68. The molecule has 0 aliphatic carbocycles. The van der Waals surface area contributed by atoms with Gasteiger partial charge in [-0.1, -0.05) is 12.1 Å². The first kappa shape index (κ1) is 16.9. The zero-order valence-electron chi connectivity index (χ0n) is 14.1. The largest absolute Gasteiger partial charge is 0.322 e. The highest BCUT2D eigenvalue weighted by Gasteiger charge is 2.15. The number of aromatic nitrogens is 2. The van der Waals surface area contributed by atoms with E-state index >= 15 is 0 Å². The highest BCUT2D eigenvalue weighted by Crippen LogP contribution is 2.17. The third-order valence-corrected chi connectivity index (χ3v) is 3.89. The third-order valence-electron chi connectivity index (χ3n) is 3.89. The Labute approximate surface area is 145 Å². The molecule has 3 rings (SSSR count). The Hall–Kier alpha value is -2.99. The lowest BCUT2D eigenvalue weighted by Crippen LogP contribution is -2.13. The third kappa shape index (κ3) is 3.75. The van der Waals surface area contributed by atoms with Crippen LogP contribution in [0.3, 0.4) is 0 Å². The molecule has 6 heteroatoms. The van der Waals surface area contributed by atoms with Crippen molar-refractivity contribution in [3.8, 4) is 5.69 Å². The minimum absolute atomic E-state index is 0.229. The molecule has 0 aliphatic heterocycles. The van der Waals surface area contributed by atoms with Gasteiger partial charge in [-0.2, -0.15) is 5.10 Å². The minimum Gasteiger partial charge on any atom is -0.322 e. The first-order valence-corrected chi connectivity index (χ1v) is 7.94. The van der Waals surface area contributed by atoms with Crippen molar-refractivity contribution >= 4 is 11.6 Å². The van der Waals surface area contributed by atoms with Crippen molar-refractivity contribution in [2.24, 2.45) is 0 Å². The van der Waals surface area contributed by atoms with Crippen molar-refractivity contribution in [2.75, 3.05) is 12.4 Å². The van der Waals surface area contributed by atoms with Crippen LogP contribution in [0.1, 0.15) is 21.6 Å². The SMILES string of the molecule is CNCc1cccc(NC(=O)c2cnn(-c3ccc(F)cc3)c2C)c1. The molecule has 128 valence electrons. The number of rotatable bonds is 5. The summed E-state index contributed by atoms with van der Waals surface area (Å²) in [6.07, 6.45) is 1.52. The standard InChI is InChI=1S/C19H19FN4O/c1-13-18(12-22-24(13)17-8-6-15(20)7-9-17)19(25)23-16-5-3-4-14(10-16)11-21-2/h3-10,12,21H,11H2,1-2H3,(H,23,25). The van der Waals surface area contributed by atoms with Crippen molar-refractivity contribution in [1.82, 2.24) is 15.1 Å². The van der Waals surface area contributed by atoms with Crippen molar-refractivity contribution in [2.45, 2.75) is 13.5 Å². The molecular formula is C19H19FN4O.